The van der Waals surface area contributed by atoms with E-state index < -0.39 is 10.0 Å². The highest BCUT2D eigenvalue weighted by Gasteiger charge is 2.15. The van der Waals surface area contributed by atoms with Crippen LogP contribution in [0.4, 0.5) is 5.69 Å². The Morgan fingerprint density at radius 1 is 1.30 bits per heavy atom. The van der Waals surface area contributed by atoms with Gasteiger partial charge in [-0.2, -0.15) is 5.10 Å². The molecule has 0 aliphatic rings. The van der Waals surface area contributed by atoms with Gasteiger partial charge in [0.25, 0.3) is 10.0 Å². The van der Waals surface area contributed by atoms with Gasteiger partial charge in [-0.3, -0.25) is 9.82 Å². The summed E-state index contributed by atoms with van der Waals surface area (Å²) >= 11 is 0. The van der Waals surface area contributed by atoms with Gasteiger partial charge in [0.05, 0.1) is 16.8 Å². The summed E-state index contributed by atoms with van der Waals surface area (Å²) in [5, 5.41) is 9.53. The number of nitrogens with zero attached hydrogens (tertiary/aromatic N) is 1. The zero-order valence-electron chi connectivity index (χ0n) is 11.4. The number of benzene rings is 1. The van der Waals surface area contributed by atoms with Crippen molar-refractivity contribution >= 4 is 15.7 Å². The summed E-state index contributed by atoms with van der Waals surface area (Å²) in [5.41, 5.74) is 1.46. The number of aromatic amines is 1. The Balaban J connectivity index is 2.16. The van der Waals surface area contributed by atoms with Crippen LogP contribution in [-0.4, -0.2) is 25.2 Å². The summed E-state index contributed by atoms with van der Waals surface area (Å²) in [6, 6.07) is 7.03. The summed E-state index contributed by atoms with van der Waals surface area (Å²) in [5.74, 6) is 0. The second-order valence-corrected chi connectivity index (χ2v) is 6.12. The van der Waals surface area contributed by atoms with Crippen LogP contribution in [0, 0.1) is 0 Å². The minimum atomic E-state index is -3.57. The van der Waals surface area contributed by atoms with Gasteiger partial charge in [-0.15, -0.1) is 0 Å². The summed E-state index contributed by atoms with van der Waals surface area (Å²) < 4.78 is 26.7. The molecule has 6 nitrogen and oxygen atoms in total. The molecule has 0 aliphatic carbocycles. The standard InChI is InChI=1S/C13H18N4O2S/c1-3-14-10(2)11-4-6-13(7-5-11)20(18,19)17-12-8-15-16-9-12/h4-10,14,17H,3H2,1-2H3,(H,15,16). The molecule has 0 spiro atoms. The highest BCUT2D eigenvalue weighted by atomic mass is 32.2. The molecule has 1 atom stereocenters. The Morgan fingerprint density at radius 3 is 2.55 bits per heavy atom. The van der Waals surface area contributed by atoms with Gasteiger partial charge in [-0.25, -0.2) is 8.42 Å². The molecular weight excluding hydrogens is 276 g/mol. The van der Waals surface area contributed by atoms with Crippen LogP contribution in [0.25, 0.3) is 0 Å². The van der Waals surface area contributed by atoms with Crippen molar-refractivity contribution in [2.75, 3.05) is 11.3 Å². The van der Waals surface area contributed by atoms with E-state index in [2.05, 4.69) is 20.2 Å². The van der Waals surface area contributed by atoms with Crippen molar-refractivity contribution in [1.82, 2.24) is 15.5 Å². The maximum Gasteiger partial charge on any atom is 0.261 e. The SMILES string of the molecule is CCNC(C)c1ccc(S(=O)(=O)Nc2cn[nH]c2)cc1. The van der Waals surface area contributed by atoms with Gasteiger partial charge in [0.2, 0.25) is 0 Å². The van der Waals surface area contributed by atoms with E-state index in [-0.39, 0.29) is 10.9 Å². The number of sulfonamides is 1. The molecule has 108 valence electrons. The molecule has 2 aromatic rings. The molecule has 0 bridgehead atoms. The minimum absolute atomic E-state index is 0.193. The first-order valence-electron chi connectivity index (χ1n) is 6.38. The maximum atomic E-state index is 12.1. The van der Waals surface area contributed by atoms with Crippen molar-refractivity contribution in [3.05, 3.63) is 42.2 Å². The Morgan fingerprint density at radius 2 is 2.00 bits per heavy atom. The molecule has 0 saturated carbocycles. The third-order valence-corrected chi connectivity index (χ3v) is 4.35. The smallest absolute Gasteiger partial charge is 0.261 e. The Bertz CT molecular complexity index is 636. The summed E-state index contributed by atoms with van der Waals surface area (Å²) in [4.78, 5) is 0.228. The van der Waals surface area contributed by atoms with Gasteiger partial charge in [0.1, 0.15) is 0 Å². The largest absolute Gasteiger partial charge is 0.310 e. The normalized spacial score (nSPS) is 13.1. The fourth-order valence-electron chi connectivity index (χ4n) is 1.88. The second kappa shape index (κ2) is 6.06. The lowest BCUT2D eigenvalue weighted by Gasteiger charge is -2.13. The Kier molecular flexibility index (Phi) is 4.41. The first-order valence-corrected chi connectivity index (χ1v) is 7.86. The molecule has 1 heterocycles. The first-order chi connectivity index (χ1) is 9.53. The van der Waals surface area contributed by atoms with Crippen LogP contribution in [0.5, 0.6) is 0 Å². The summed E-state index contributed by atoms with van der Waals surface area (Å²) in [6.45, 7) is 4.93. The van der Waals surface area contributed by atoms with Crippen LogP contribution in [0.3, 0.4) is 0 Å². The molecule has 1 aromatic carbocycles. The van der Waals surface area contributed by atoms with Crippen LogP contribution in [0.2, 0.25) is 0 Å². The van der Waals surface area contributed by atoms with Crippen LogP contribution in [-0.2, 0) is 10.0 Å². The molecule has 0 fully saturated rings. The second-order valence-electron chi connectivity index (χ2n) is 4.44. The lowest BCUT2D eigenvalue weighted by Crippen LogP contribution is -2.18. The van der Waals surface area contributed by atoms with Crippen LogP contribution in [0.1, 0.15) is 25.5 Å². The van der Waals surface area contributed by atoms with E-state index >= 15 is 0 Å². The van der Waals surface area contributed by atoms with Gasteiger partial charge in [0, 0.05) is 12.2 Å². The average molecular weight is 294 g/mol. The minimum Gasteiger partial charge on any atom is -0.310 e. The fraction of sp³-hybridized carbons (Fsp3) is 0.308. The van der Waals surface area contributed by atoms with Crippen LogP contribution >= 0.6 is 0 Å². The van der Waals surface area contributed by atoms with Crippen molar-refractivity contribution in [3.63, 3.8) is 0 Å². The van der Waals surface area contributed by atoms with Gasteiger partial charge < -0.3 is 5.32 Å². The lowest BCUT2D eigenvalue weighted by molar-refractivity contribution is 0.594. The van der Waals surface area contributed by atoms with Crippen molar-refractivity contribution < 1.29 is 8.42 Å². The van der Waals surface area contributed by atoms with Crippen molar-refractivity contribution in [1.29, 1.82) is 0 Å². The highest BCUT2D eigenvalue weighted by molar-refractivity contribution is 7.92. The lowest BCUT2D eigenvalue weighted by atomic mass is 10.1. The molecule has 0 aliphatic heterocycles. The van der Waals surface area contributed by atoms with Crippen molar-refractivity contribution in [2.45, 2.75) is 24.8 Å². The molecule has 7 heteroatoms. The number of hydrogen-bond donors (Lipinski definition) is 3. The number of rotatable bonds is 6. The van der Waals surface area contributed by atoms with Gasteiger partial charge >= 0.3 is 0 Å². The van der Waals surface area contributed by atoms with E-state index in [0.717, 1.165) is 12.1 Å². The molecule has 0 amide bonds. The predicted molar refractivity (Wildman–Crippen MR) is 77.9 cm³/mol. The predicted octanol–water partition coefficient (Wildman–Crippen LogP) is 1.88. The van der Waals surface area contributed by atoms with Crippen LogP contribution < -0.4 is 10.0 Å². The number of hydrogen-bond acceptors (Lipinski definition) is 4. The van der Waals surface area contributed by atoms with Crippen molar-refractivity contribution in [2.24, 2.45) is 0 Å². The summed E-state index contributed by atoms with van der Waals surface area (Å²) in [7, 11) is -3.57. The van der Waals surface area contributed by atoms with Crippen LogP contribution in [0.15, 0.2) is 41.6 Å². The first kappa shape index (κ1) is 14.5. The van der Waals surface area contributed by atoms with Gasteiger partial charge in [-0.1, -0.05) is 19.1 Å². The van der Waals surface area contributed by atoms with E-state index in [9.17, 15) is 8.42 Å². The molecule has 0 saturated heterocycles. The number of H-pyrrole nitrogens is 1. The van der Waals surface area contributed by atoms with E-state index in [4.69, 9.17) is 0 Å². The molecule has 1 unspecified atom stereocenters. The molecule has 0 radical (unpaired) electrons. The highest BCUT2D eigenvalue weighted by Crippen LogP contribution is 2.18. The van der Waals surface area contributed by atoms with Gasteiger partial charge in [-0.05, 0) is 31.2 Å². The Hall–Kier alpha value is -1.86. The zero-order chi connectivity index (χ0) is 14.6. The third kappa shape index (κ3) is 3.37. The zero-order valence-corrected chi connectivity index (χ0v) is 12.2. The number of anilines is 1. The molecule has 2 rings (SSSR count). The fourth-order valence-corrected chi connectivity index (χ4v) is 2.91. The van der Waals surface area contributed by atoms with E-state index in [1.807, 2.05) is 26.0 Å². The third-order valence-electron chi connectivity index (χ3n) is 2.95. The topological polar surface area (TPSA) is 86.9 Å². The van der Waals surface area contributed by atoms with Crippen molar-refractivity contribution in [3.8, 4) is 0 Å². The maximum absolute atomic E-state index is 12.1. The molecule has 3 N–H and O–H groups in total. The average Bonchev–Trinajstić information content (AvgIpc) is 2.91. The van der Waals surface area contributed by atoms with E-state index in [1.165, 1.54) is 12.4 Å². The van der Waals surface area contributed by atoms with Gasteiger partial charge in [0.15, 0.2) is 0 Å². The van der Waals surface area contributed by atoms with E-state index in [1.54, 1.807) is 12.1 Å². The van der Waals surface area contributed by atoms with E-state index in [0.29, 0.717) is 5.69 Å². The Labute approximate surface area is 118 Å². The quantitative estimate of drug-likeness (QED) is 0.759. The molecule has 20 heavy (non-hydrogen) atoms. The monoisotopic (exact) mass is 294 g/mol. The molecule has 1 aromatic heterocycles. The number of aromatic nitrogens is 2. The molecular formula is C13H18N4O2S. The number of nitrogens with one attached hydrogen (secondary N) is 3. The summed E-state index contributed by atoms with van der Waals surface area (Å²) in [6.07, 6.45) is 2.90.